The molecule has 0 aromatic carbocycles. The lowest BCUT2D eigenvalue weighted by atomic mass is 10.0. The van der Waals surface area contributed by atoms with E-state index in [0.29, 0.717) is 0 Å². The van der Waals surface area contributed by atoms with Crippen molar-refractivity contribution in [3.63, 3.8) is 0 Å². The first-order valence-corrected chi connectivity index (χ1v) is 6.35. The van der Waals surface area contributed by atoms with Gasteiger partial charge < -0.3 is 10.0 Å². The van der Waals surface area contributed by atoms with Crippen LogP contribution < -0.4 is 0 Å². The molecule has 1 aliphatic rings. The van der Waals surface area contributed by atoms with Gasteiger partial charge in [-0.15, -0.1) is 0 Å². The van der Waals surface area contributed by atoms with Gasteiger partial charge in [0.15, 0.2) is 0 Å². The van der Waals surface area contributed by atoms with E-state index in [2.05, 4.69) is 25.7 Å². The quantitative estimate of drug-likeness (QED) is 0.788. The zero-order chi connectivity index (χ0) is 13.3. The Kier molecular flexibility index (Phi) is 4.20. The highest BCUT2D eigenvalue weighted by molar-refractivity contribution is 5.77. The number of carbonyl (C=O) groups is 1. The van der Waals surface area contributed by atoms with Crippen LogP contribution in [-0.4, -0.2) is 58.1 Å². The summed E-state index contributed by atoms with van der Waals surface area (Å²) in [4.78, 5) is 16.2. The van der Waals surface area contributed by atoms with Gasteiger partial charge in [-0.05, 0) is 34.6 Å². The van der Waals surface area contributed by atoms with E-state index in [1.165, 1.54) is 0 Å². The van der Waals surface area contributed by atoms with Gasteiger partial charge >= 0.3 is 0 Å². The van der Waals surface area contributed by atoms with Crippen LogP contribution in [0.5, 0.6) is 0 Å². The lowest BCUT2D eigenvalue weighted by Crippen LogP contribution is -2.55. The normalized spacial score (nSPS) is 19.5. The molecule has 0 aromatic heterocycles. The molecule has 1 N–H and O–H groups in total. The molecule has 17 heavy (non-hydrogen) atoms. The summed E-state index contributed by atoms with van der Waals surface area (Å²) in [5, 5.41) is 9.64. The van der Waals surface area contributed by atoms with Crippen molar-refractivity contribution < 1.29 is 9.90 Å². The van der Waals surface area contributed by atoms with Crippen LogP contribution >= 0.6 is 0 Å². The van der Waals surface area contributed by atoms with Crippen molar-refractivity contribution >= 4 is 5.91 Å². The maximum absolute atomic E-state index is 11.9. The van der Waals surface area contributed by atoms with Crippen molar-refractivity contribution in [3.05, 3.63) is 0 Å². The summed E-state index contributed by atoms with van der Waals surface area (Å²) < 4.78 is 0. The van der Waals surface area contributed by atoms with Crippen molar-refractivity contribution in [2.24, 2.45) is 0 Å². The molecule has 1 amide bonds. The molecule has 1 heterocycles. The number of piperazine rings is 1. The van der Waals surface area contributed by atoms with Gasteiger partial charge in [-0.1, -0.05) is 0 Å². The van der Waals surface area contributed by atoms with Gasteiger partial charge in [-0.3, -0.25) is 9.69 Å². The minimum absolute atomic E-state index is 0.0612. The number of carbonyl (C=O) groups excluding carboxylic acids is 1. The molecule has 1 saturated heterocycles. The van der Waals surface area contributed by atoms with Crippen LogP contribution in [0.3, 0.4) is 0 Å². The SMILES string of the molecule is CC(C)(O)CC(=O)N1CCN(C(C)(C)C)CC1. The fourth-order valence-corrected chi connectivity index (χ4v) is 2.11. The Hall–Kier alpha value is -0.610. The molecule has 1 fully saturated rings. The van der Waals surface area contributed by atoms with Crippen LogP contribution in [0.4, 0.5) is 0 Å². The van der Waals surface area contributed by atoms with Crippen molar-refractivity contribution in [3.8, 4) is 0 Å². The molecular weight excluding hydrogens is 216 g/mol. The number of rotatable bonds is 2. The highest BCUT2D eigenvalue weighted by Gasteiger charge is 2.29. The van der Waals surface area contributed by atoms with Gasteiger partial charge in [0.1, 0.15) is 0 Å². The van der Waals surface area contributed by atoms with Crippen LogP contribution in [0.25, 0.3) is 0 Å². The predicted molar refractivity (Wildman–Crippen MR) is 68.8 cm³/mol. The van der Waals surface area contributed by atoms with Crippen molar-refractivity contribution in [1.82, 2.24) is 9.80 Å². The smallest absolute Gasteiger partial charge is 0.225 e. The van der Waals surface area contributed by atoms with Crippen molar-refractivity contribution in [2.75, 3.05) is 26.2 Å². The molecule has 4 nitrogen and oxygen atoms in total. The van der Waals surface area contributed by atoms with E-state index in [9.17, 15) is 9.90 Å². The topological polar surface area (TPSA) is 43.8 Å². The zero-order valence-electron chi connectivity index (χ0n) is 11.8. The van der Waals surface area contributed by atoms with Crippen LogP contribution in [0.1, 0.15) is 41.0 Å². The van der Waals surface area contributed by atoms with E-state index >= 15 is 0 Å². The number of nitrogens with zero attached hydrogens (tertiary/aromatic N) is 2. The van der Waals surface area contributed by atoms with E-state index in [4.69, 9.17) is 0 Å². The monoisotopic (exact) mass is 242 g/mol. The lowest BCUT2D eigenvalue weighted by Gasteiger charge is -2.42. The first-order chi connectivity index (χ1) is 7.59. The summed E-state index contributed by atoms with van der Waals surface area (Å²) in [5.74, 6) is 0.0612. The van der Waals surface area contributed by atoms with Gasteiger partial charge in [0.05, 0.1) is 12.0 Å². The largest absolute Gasteiger partial charge is 0.390 e. The van der Waals surface area contributed by atoms with E-state index in [1.54, 1.807) is 13.8 Å². The Morgan fingerprint density at radius 1 is 1.06 bits per heavy atom. The first-order valence-electron chi connectivity index (χ1n) is 6.35. The third-order valence-corrected chi connectivity index (χ3v) is 3.16. The van der Waals surface area contributed by atoms with Crippen LogP contribution in [-0.2, 0) is 4.79 Å². The van der Waals surface area contributed by atoms with Gasteiger partial charge in [-0.2, -0.15) is 0 Å². The Bertz CT molecular complexity index is 268. The minimum Gasteiger partial charge on any atom is -0.390 e. The highest BCUT2D eigenvalue weighted by Crippen LogP contribution is 2.17. The van der Waals surface area contributed by atoms with E-state index in [0.717, 1.165) is 26.2 Å². The number of aliphatic hydroxyl groups is 1. The summed E-state index contributed by atoms with van der Waals surface area (Å²) in [6.07, 6.45) is 0.211. The molecule has 0 bridgehead atoms. The lowest BCUT2D eigenvalue weighted by molar-refractivity contribution is -0.137. The molecule has 100 valence electrons. The second kappa shape index (κ2) is 4.94. The molecule has 0 atom stereocenters. The molecular formula is C13H26N2O2. The maximum atomic E-state index is 11.9. The average Bonchev–Trinajstić information content (AvgIpc) is 2.14. The molecule has 0 radical (unpaired) electrons. The highest BCUT2D eigenvalue weighted by atomic mass is 16.3. The standard InChI is InChI=1S/C13H26N2O2/c1-12(2,3)15-8-6-14(7-9-15)11(16)10-13(4,5)17/h17H,6-10H2,1-5H3. The Balaban J connectivity index is 2.45. The summed E-state index contributed by atoms with van der Waals surface area (Å²) in [6.45, 7) is 13.3. The van der Waals surface area contributed by atoms with Gasteiger partial charge in [0.2, 0.25) is 5.91 Å². The fraction of sp³-hybridized carbons (Fsp3) is 0.923. The molecule has 0 spiro atoms. The number of hydrogen-bond donors (Lipinski definition) is 1. The zero-order valence-corrected chi connectivity index (χ0v) is 11.8. The summed E-state index contributed by atoms with van der Waals surface area (Å²) in [6, 6.07) is 0. The van der Waals surface area contributed by atoms with Crippen LogP contribution in [0.15, 0.2) is 0 Å². The molecule has 0 aromatic rings. The minimum atomic E-state index is -0.905. The molecule has 1 aliphatic heterocycles. The number of amides is 1. The van der Waals surface area contributed by atoms with Gasteiger partial charge in [0, 0.05) is 31.7 Å². The van der Waals surface area contributed by atoms with E-state index in [1.807, 2.05) is 4.90 Å². The third-order valence-electron chi connectivity index (χ3n) is 3.16. The van der Waals surface area contributed by atoms with E-state index in [-0.39, 0.29) is 17.9 Å². The van der Waals surface area contributed by atoms with Crippen molar-refractivity contribution in [2.45, 2.75) is 52.2 Å². The molecule has 0 unspecified atom stereocenters. The van der Waals surface area contributed by atoms with Crippen LogP contribution in [0.2, 0.25) is 0 Å². The maximum Gasteiger partial charge on any atom is 0.225 e. The van der Waals surface area contributed by atoms with Gasteiger partial charge in [-0.25, -0.2) is 0 Å². The predicted octanol–water partition coefficient (Wildman–Crippen LogP) is 1.09. The fourth-order valence-electron chi connectivity index (χ4n) is 2.11. The molecule has 0 saturated carbocycles. The molecule has 1 rings (SSSR count). The van der Waals surface area contributed by atoms with E-state index < -0.39 is 5.60 Å². The Labute approximate surface area is 105 Å². The Morgan fingerprint density at radius 2 is 1.53 bits per heavy atom. The second-order valence-electron chi connectivity index (χ2n) is 6.53. The molecule has 4 heteroatoms. The summed E-state index contributed by atoms with van der Waals surface area (Å²) in [7, 11) is 0. The summed E-state index contributed by atoms with van der Waals surface area (Å²) in [5.41, 5.74) is -0.733. The third kappa shape index (κ3) is 4.64. The first kappa shape index (κ1) is 14.5. The Morgan fingerprint density at radius 3 is 1.88 bits per heavy atom. The average molecular weight is 242 g/mol. The van der Waals surface area contributed by atoms with Gasteiger partial charge in [0.25, 0.3) is 0 Å². The van der Waals surface area contributed by atoms with Crippen molar-refractivity contribution in [1.29, 1.82) is 0 Å². The second-order valence-corrected chi connectivity index (χ2v) is 6.53. The number of hydrogen-bond acceptors (Lipinski definition) is 3. The summed E-state index contributed by atoms with van der Waals surface area (Å²) >= 11 is 0. The van der Waals surface area contributed by atoms with Crippen LogP contribution in [0, 0.1) is 0 Å². The molecule has 0 aliphatic carbocycles.